The summed E-state index contributed by atoms with van der Waals surface area (Å²) >= 11 is 0. The summed E-state index contributed by atoms with van der Waals surface area (Å²) in [5.74, 6) is 2.24. The molecule has 0 aromatic carbocycles. The quantitative estimate of drug-likeness (QED) is 0.649. The molecular formula is C27H35N3O4. The van der Waals surface area contributed by atoms with Crippen LogP contribution in [0.2, 0.25) is 0 Å². The lowest BCUT2D eigenvalue weighted by Crippen LogP contribution is -2.51. The number of ether oxygens (including phenoxy) is 2. The number of pyridine rings is 1. The number of hydrogen-bond acceptors (Lipinski definition) is 5. The third-order valence-corrected chi connectivity index (χ3v) is 8.74. The second-order valence-electron chi connectivity index (χ2n) is 11.5. The first-order valence-corrected chi connectivity index (χ1v) is 13.0. The zero-order valence-electron chi connectivity index (χ0n) is 20.0. The number of nitrogens with zero attached hydrogens (tertiary/aromatic N) is 2. The predicted octanol–water partition coefficient (Wildman–Crippen LogP) is 4.14. The minimum absolute atomic E-state index is 0.0570. The molecule has 0 radical (unpaired) electrons. The number of carbonyl (C=O) groups is 2. The van der Waals surface area contributed by atoms with Crippen molar-refractivity contribution in [3.05, 3.63) is 35.8 Å². The van der Waals surface area contributed by atoms with Crippen LogP contribution in [0.15, 0.2) is 24.4 Å². The van der Waals surface area contributed by atoms with Crippen molar-refractivity contribution >= 4 is 17.5 Å². The molecule has 1 amide bonds. The normalized spacial score (nSPS) is 34.3. The van der Waals surface area contributed by atoms with E-state index in [1.54, 1.807) is 0 Å². The highest BCUT2D eigenvalue weighted by molar-refractivity contribution is 5.93. The number of fused-ring (bicyclic) bond motifs is 1. The van der Waals surface area contributed by atoms with E-state index in [-0.39, 0.29) is 30.5 Å². The molecule has 7 heteroatoms. The summed E-state index contributed by atoms with van der Waals surface area (Å²) in [6.45, 7) is 3.46. The van der Waals surface area contributed by atoms with E-state index in [4.69, 9.17) is 9.47 Å². The van der Waals surface area contributed by atoms with Crippen LogP contribution in [0.25, 0.3) is 5.65 Å². The molecule has 3 heterocycles. The summed E-state index contributed by atoms with van der Waals surface area (Å²) in [6.07, 6.45) is 11.3. The van der Waals surface area contributed by atoms with Crippen LogP contribution in [0.4, 0.5) is 0 Å². The Hall–Kier alpha value is -2.41. The van der Waals surface area contributed by atoms with Gasteiger partial charge in [-0.2, -0.15) is 0 Å². The maximum Gasteiger partial charge on any atom is 0.309 e. The molecule has 2 unspecified atom stereocenters. The van der Waals surface area contributed by atoms with E-state index in [0.717, 1.165) is 24.3 Å². The first kappa shape index (κ1) is 22.1. The monoisotopic (exact) mass is 465 g/mol. The highest BCUT2D eigenvalue weighted by atomic mass is 16.5. The van der Waals surface area contributed by atoms with Crippen molar-refractivity contribution in [2.24, 2.45) is 29.1 Å². The van der Waals surface area contributed by atoms with E-state index in [9.17, 15) is 9.59 Å². The lowest BCUT2D eigenvalue weighted by molar-refractivity contribution is -0.154. The first-order chi connectivity index (χ1) is 16.5. The Bertz CT molecular complexity index is 1060. The van der Waals surface area contributed by atoms with Crippen LogP contribution >= 0.6 is 0 Å². The van der Waals surface area contributed by atoms with Gasteiger partial charge in [0.2, 0.25) is 0 Å². The molecule has 2 aromatic heterocycles. The number of carbonyl (C=O) groups excluding carboxylic acids is 2. The van der Waals surface area contributed by atoms with Gasteiger partial charge in [-0.15, -0.1) is 0 Å². The van der Waals surface area contributed by atoms with Gasteiger partial charge in [-0.3, -0.25) is 14.0 Å². The molecule has 2 atom stereocenters. The van der Waals surface area contributed by atoms with Gasteiger partial charge in [0.25, 0.3) is 5.91 Å². The van der Waals surface area contributed by atoms with Crippen LogP contribution in [-0.4, -0.2) is 40.5 Å². The fraction of sp³-hybridized carbons (Fsp3) is 0.667. The highest BCUT2D eigenvalue weighted by Crippen LogP contribution is 2.59. The van der Waals surface area contributed by atoms with E-state index in [2.05, 4.69) is 10.3 Å². The van der Waals surface area contributed by atoms with Crippen LogP contribution in [0.5, 0.6) is 0 Å². The van der Waals surface area contributed by atoms with Crippen LogP contribution in [0.1, 0.15) is 74.5 Å². The number of esters is 1. The summed E-state index contributed by atoms with van der Waals surface area (Å²) in [4.78, 5) is 30.3. The highest BCUT2D eigenvalue weighted by Gasteiger charge is 2.50. The zero-order valence-corrected chi connectivity index (χ0v) is 20.0. The van der Waals surface area contributed by atoms with Crippen molar-refractivity contribution in [3.8, 4) is 0 Å². The number of amides is 1. The lowest BCUT2D eigenvalue weighted by atomic mass is 9.49. The molecular weight excluding hydrogens is 430 g/mol. The molecule has 5 fully saturated rings. The minimum atomic E-state index is -0.194. The minimum Gasteiger partial charge on any atom is -0.459 e. The van der Waals surface area contributed by atoms with Crippen molar-refractivity contribution < 1.29 is 19.1 Å². The maximum atomic E-state index is 13.2. The molecule has 5 aliphatic rings. The second-order valence-corrected chi connectivity index (χ2v) is 11.5. The topological polar surface area (TPSA) is 81.9 Å². The van der Waals surface area contributed by atoms with Gasteiger partial charge in [0.05, 0.1) is 17.7 Å². The van der Waals surface area contributed by atoms with Crippen molar-refractivity contribution in [1.29, 1.82) is 0 Å². The first-order valence-electron chi connectivity index (χ1n) is 13.0. The molecule has 2 aromatic rings. The van der Waals surface area contributed by atoms with Gasteiger partial charge in [-0.25, -0.2) is 4.98 Å². The van der Waals surface area contributed by atoms with Gasteiger partial charge in [0.15, 0.2) is 0 Å². The van der Waals surface area contributed by atoms with Gasteiger partial charge in [-0.05, 0) is 93.6 Å². The average molecular weight is 466 g/mol. The predicted molar refractivity (Wildman–Crippen MR) is 126 cm³/mol. The second kappa shape index (κ2) is 8.67. The lowest BCUT2D eigenvalue weighted by Gasteiger charge is -2.56. The fourth-order valence-corrected chi connectivity index (χ4v) is 7.66. The van der Waals surface area contributed by atoms with E-state index in [1.165, 1.54) is 38.5 Å². The summed E-state index contributed by atoms with van der Waals surface area (Å²) in [5.41, 5.74) is 2.21. The Morgan fingerprint density at radius 1 is 1.15 bits per heavy atom. The smallest absolute Gasteiger partial charge is 0.309 e. The Balaban J connectivity index is 1.11. The largest absolute Gasteiger partial charge is 0.459 e. The fourth-order valence-electron chi connectivity index (χ4n) is 7.66. The third-order valence-electron chi connectivity index (χ3n) is 8.74. The van der Waals surface area contributed by atoms with Gasteiger partial charge < -0.3 is 14.8 Å². The van der Waals surface area contributed by atoms with Crippen LogP contribution in [-0.2, 0) is 20.9 Å². The van der Waals surface area contributed by atoms with Gasteiger partial charge >= 0.3 is 5.97 Å². The molecule has 1 aliphatic heterocycles. The van der Waals surface area contributed by atoms with Crippen molar-refractivity contribution in [3.63, 3.8) is 0 Å². The Morgan fingerprint density at radius 3 is 2.59 bits per heavy atom. The Kier molecular flexibility index (Phi) is 5.63. The van der Waals surface area contributed by atoms with E-state index < -0.39 is 0 Å². The third kappa shape index (κ3) is 4.23. The maximum absolute atomic E-state index is 13.2. The molecule has 34 heavy (non-hydrogen) atoms. The number of imidazole rings is 1. The average Bonchev–Trinajstić information content (AvgIpc) is 3.23. The van der Waals surface area contributed by atoms with Crippen LogP contribution in [0.3, 0.4) is 0 Å². The molecule has 1 saturated heterocycles. The SMILES string of the molecule is CC1CC(C(=O)OCc2cn3c(C(=O)NCC45CC6CC(CC(C6)C4)C5)cccc3n2)CCO1. The molecule has 1 N–H and O–H groups in total. The molecule has 0 spiro atoms. The molecule has 182 valence electrons. The Morgan fingerprint density at radius 2 is 1.88 bits per heavy atom. The standard InChI is InChI=1S/C27H35N3O4/c1-17-7-21(5-6-33-17)26(32)34-15-22-14-30-23(3-2-4-24(30)29-22)25(31)28-16-27-11-18-8-19(12-27)10-20(9-18)13-27/h2-4,14,17-21H,5-13,15-16H2,1H3,(H,28,31). The number of aromatic nitrogens is 2. The van der Waals surface area contributed by atoms with Gasteiger partial charge in [-0.1, -0.05) is 6.07 Å². The summed E-state index contributed by atoms with van der Waals surface area (Å²) in [7, 11) is 0. The van der Waals surface area contributed by atoms with Crippen molar-refractivity contribution in [2.45, 2.75) is 71.0 Å². The van der Waals surface area contributed by atoms with Crippen LogP contribution < -0.4 is 5.32 Å². The van der Waals surface area contributed by atoms with Crippen molar-refractivity contribution in [2.75, 3.05) is 13.2 Å². The summed E-state index contributed by atoms with van der Waals surface area (Å²) in [5, 5.41) is 3.27. The number of hydrogen-bond donors (Lipinski definition) is 1. The Labute approximate surface area is 200 Å². The van der Waals surface area contributed by atoms with Crippen LogP contribution in [0, 0.1) is 29.1 Å². The van der Waals surface area contributed by atoms with E-state index >= 15 is 0 Å². The molecule has 4 saturated carbocycles. The van der Waals surface area contributed by atoms with E-state index in [0.29, 0.717) is 41.9 Å². The molecule has 4 bridgehead atoms. The molecule has 7 nitrogen and oxygen atoms in total. The van der Waals surface area contributed by atoms with Gasteiger partial charge in [0.1, 0.15) is 17.9 Å². The summed E-state index contributed by atoms with van der Waals surface area (Å²) in [6, 6.07) is 5.57. The number of nitrogens with one attached hydrogen (secondary N) is 1. The summed E-state index contributed by atoms with van der Waals surface area (Å²) < 4.78 is 12.9. The van der Waals surface area contributed by atoms with E-state index in [1.807, 2.05) is 35.7 Å². The van der Waals surface area contributed by atoms with Crippen molar-refractivity contribution in [1.82, 2.24) is 14.7 Å². The molecule has 4 aliphatic carbocycles. The molecule has 7 rings (SSSR count). The number of rotatable bonds is 6. The zero-order chi connectivity index (χ0) is 23.3. The van der Waals surface area contributed by atoms with Gasteiger partial charge in [0, 0.05) is 19.3 Å².